The summed E-state index contributed by atoms with van der Waals surface area (Å²) < 4.78 is 6.52. The van der Waals surface area contributed by atoms with Gasteiger partial charge in [-0.2, -0.15) is 0 Å². The number of carbonyl (C=O) groups excluding carboxylic acids is 1. The largest absolute Gasteiger partial charge is 0.443 e. The summed E-state index contributed by atoms with van der Waals surface area (Å²) in [6, 6.07) is 0. The lowest BCUT2D eigenvalue weighted by atomic mass is 10.2. The van der Waals surface area contributed by atoms with E-state index in [4.69, 9.17) is 4.74 Å². The van der Waals surface area contributed by atoms with Crippen molar-refractivity contribution in [3.05, 3.63) is 36.4 Å². The molecule has 2 rings (SSSR count). The molecule has 2 heterocycles. The molecule has 0 saturated carbocycles. The predicted molar refractivity (Wildman–Crippen MR) is 68.4 cm³/mol. The summed E-state index contributed by atoms with van der Waals surface area (Å²) in [5.41, 5.74) is -0.562. The minimum Gasteiger partial charge on any atom is -0.443 e. The van der Waals surface area contributed by atoms with Gasteiger partial charge in [0.15, 0.2) is 11.6 Å². The van der Waals surface area contributed by atoms with E-state index in [0.717, 1.165) is 0 Å². The molecule has 0 amide bonds. The average Bonchev–Trinajstić information content (AvgIpc) is 2.95. The zero-order valence-electron chi connectivity index (χ0n) is 11.0. The highest BCUT2D eigenvalue weighted by atomic mass is 16.6. The highest BCUT2D eigenvalue weighted by Crippen LogP contribution is 2.09. The first-order valence-corrected chi connectivity index (χ1v) is 5.74. The van der Waals surface area contributed by atoms with Crippen molar-refractivity contribution in [2.45, 2.75) is 26.4 Å². The first-order valence-electron chi connectivity index (χ1n) is 5.74. The third kappa shape index (κ3) is 3.45. The second kappa shape index (κ2) is 4.98. The minimum atomic E-state index is -0.562. The van der Waals surface area contributed by atoms with Gasteiger partial charge in [-0.3, -0.25) is 0 Å². The lowest BCUT2D eigenvalue weighted by Gasteiger charge is -2.19. The minimum absolute atomic E-state index is 0.311. The molecule has 0 fully saturated rings. The molecule has 98 valence electrons. The number of aromatic nitrogens is 4. The van der Waals surface area contributed by atoms with Crippen molar-refractivity contribution in [1.82, 2.24) is 19.5 Å². The van der Waals surface area contributed by atoms with Crippen molar-refractivity contribution in [3.8, 4) is 11.8 Å². The molecule has 0 aliphatic rings. The van der Waals surface area contributed by atoms with E-state index in [1.165, 1.54) is 17.0 Å². The molecule has 0 radical (unpaired) electrons. The van der Waals surface area contributed by atoms with E-state index in [2.05, 4.69) is 26.8 Å². The second-order valence-corrected chi connectivity index (χ2v) is 4.79. The van der Waals surface area contributed by atoms with E-state index in [-0.39, 0.29) is 0 Å². The molecule has 1 N–H and O–H groups in total. The van der Waals surface area contributed by atoms with E-state index in [1.807, 2.05) is 0 Å². The first kappa shape index (κ1) is 12.9. The molecule has 2 aromatic rings. The lowest BCUT2D eigenvalue weighted by Crippen LogP contribution is -2.27. The van der Waals surface area contributed by atoms with Crippen LogP contribution in [0, 0.1) is 11.8 Å². The van der Waals surface area contributed by atoms with Gasteiger partial charge in [-0.05, 0) is 32.6 Å². The monoisotopic (exact) mass is 258 g/mol. The first-order chi connectivity index (χ1) is 8.96. The van der Waals surface area contributed by atoms with Crippen LogP contribution in [-0.4, -0.2) is 31.2 Å². The second-order valence-electron chi connectivity index (χ2n) is 4.79. The number of carbonyl (C=O) groups is 1. The van der Waals surface area contributed by atoms with Gasteiger partial charge in [-0.15, -0.1) is 0 Å². The van der Waals surface area contributed by atoms with Crippen molar-refractivity contribution in [2.24, 2.45) is 0 Å². The van der Waals surface area contributed by atoms with Crippen LogP contribution in [0.3, 0.4) is 0 Å². The molecule has 0 aliphatic heterocycles. The maximum atomic E-state index is 11.9. The van der Waals surface area contributed by atoms with Gasteiger partial charge in [0.2, 0.25) is 0 Å². The number of rotatable bonds is 0. The molecule has 0 atom stereocenters. The van der Waals surface area contributed by atoms with Crippen molar-refractivity contribution in [1.29, 1.82) is 0 Å². The summed E-state index contributed by atoms with van der Waals surface area (Å²) in [7, 11) is 0. The van der Waals surface area contributed by atoms with E-state index in [0.29, 0.717) is 11.6 Å². The molecule has 2 aromatic heterocycles. The van der Waals surface area contributed by atoms with Gasteiger partial charge >= 0.3 is 6.09 Å². The van der Waals surface area contributed by atoms with Crippen molar-refractivity contribution in [3.63, 3.8) is 0 Å². The van der Waals surface area contributed by atoms with Gasteiger partial charge in [0.25, 0.3) is 0 Å². The van der Waals surface area contributed by atoms with E-state index in [9.17, 15) is 4.79 Å². The van der Waals surface area contributed by atoms with Crippen LogP contribution in [0.4, 0.5) is 4.79 Å². The Morgan fingerprint density at radius 2 is 2.11 bits per heavy atom. The Labute approximate surface area is 110 Å². The average molecular weight is 258 g/mol. The van der Waals surface area contributed by atoms with Gasteiger partial charge in [-0.1, -0.05) is 0 Å². The van der Waals surface area contributed by atoms with Crippen LogP contribution in [0.25, 0.3) is 0 Å². The van der Waals surface area contributed by atoms with Crippen LogP contribution in [0.15, 0.2) is 24.8 Å². The Hall–Kier alpha value is -2.55. The van der Waals surface area contributed by atoms with Gasteiger partial charge in [-0.25, -0.2) is 19.3 Å². The third-order valence-electron chi connectivity index (χ3n) is 2.02. The summed E-state index contributed by atoms with van der Waals surface area (Å²) in [4.78, 5) is 22.7. The molecule has 6 heteroatoms. The van der Waals surface area contributed by atoms with Crippen LogP contribution < -0.4 is 0 Å². The van der Waals surface area contributed by atoms with E-state index >= 15 is 0 Å². The normalized spacial score (nSPS) is 10.7. The number of hydrogen-bond acceptors (Lipinski definition) is 4. The number of aromatic amines is 1. The third-order valence-corrected chi connectivity index (χ3v) is 2.02. The highest BCUT2D eigenvalue weighted by molar-refractivity contribution is 5.72. The zero-order chi connectivity index (χ0) is 13.9. The van der Waals surface area contributed by atoms with E-state index < -0.39 is 11.7 Å². The molecule has 0 saturated heterocycles. The van der Waals surface area contributed by atoms with Gasteiger partial charge in [0.05, 0.1) is 0 Å². The smallest absolute Gasteiger partial charge is 0.420 e. The van der Waals surface area contributed by atoms with Crippen LogP contribution in [0.2, 0.25) is 0 Å². The van der Waals surface area contributed by atoms with Crippen LogP contribution in [-0.2, 0) is 4.74 Å². The fourth-order valence-electron chi connectivity index (χ4n) is 1.30. The molecule has 0 bridgehead atoms. The predicted octanol–water partition coefficient (Wildman–Crippen LogP) is 1.79. The van der Waals surface area contributed by atoms with E-state index in [1.54, 1.807) is 33.2 Å². The number of nitrogens with one attached hydrogen (secondary N) is 1. The Balaban J connectivity index is 2.21. The molecule has 0 unspecified atom stereocenters. The van der Waals surface area contributed by atoms with Gasteiger partial charge < -0.3 is 9.72 Å². The van der Waals surface area contributed by atoms with Crippen molar-refractivity contribution >= 4 is 6.09 Å². The molecular formula is C13H14N4O2. The van der Waals surface area contributed by atoms with Crippen LogP contribution >= 0.6 is 0 Å². The highest BCUT2D eigenvalue weighted by Gasteiger charge is 2.19. The fourth-order valence-corrected chi connectivity index (χ4v) is 1.30. The molecular weight excluding hydrogens is 244 g/mol. The molecule has 6 nitrogen and oxygen atoms in total. The molecule has 0 spiro atoms. The van der Waals surface area contributed by atoms with Crippen LogP contribution in [0.5, 0.6) is 0 Å². The summed E-state index contributed by atoms with van der Waals surface area (Å²) in [5.74, 6) is 6.37. The Morgan fingerprint density at radius 1 is 1.32 bits per heavy atom. The van der Waals surface area contributed by atoms with Crippen molar-refractivity contribution in [2.75, 3.05) is 0 Å². The van der Waals surface area contributed by atoms with Gasteiger partial charge in [0.1, 0.15) is 5.60 Å². The molecule has 19 heavy (non-hydrogen) atoms. The quantitative estimate of drug-likeness (QED) is 0.731. The zero-order valence-corrected chi connectivity index (χ0v) is 11.0. The number of hydrogen-bond donors (Lipinski definition) is 1. The number of nitrogens with zero attached hydrogens (tertiary/aromatic N) is 3. The van der Waals surface area contributed by atoms with Crippen LogP contribution in [0.1, 0.15) is 32.4 Å². The number of imidazole rings is 2. The Kier molecular flexibility index (Phi) is 3.38. The summed E-state index contributed by atoms with van der Waals surface area (Å²) >= 11 is 0. The SMILES string of the molecule is CC(C)(C)OC(=O)n1ccnc1C#Cc1ncc[nH]1. The molecule has 0 aliphatic carbocycles. The summed E-state index contributed by atoms with van der Waals surface area (Å²) in [6.07, 6.45) is 5.78. The van der Waals surface area contributed by atoms with Crippen molar-refractivity contribution < 1.29 is 9.53 Å². The Morgan fingerprint density at radius 3 is 2.74 bits per heavy atom. The Bertz CT molecular complexity index is 624. The maximum absolute atomic E-state index is 11.9. The topological polar surface area (TPSA) is 72.8 Å². The van der Waals surface area contributed by atoms with Gasteiger partial charge in [0, 0.05) is 24.8 Å². The molecule has 0 aromatic carbocycles. The standard InChI is InChI=1S/C13H14N4O2/c1-13(2,3)19-12(18)17-9-8-16-11(17)5-4-10-14-6-7-15-10/h6-9H,1-3H3,(H,14,15). The lowest BCUT2D eigenvalue weighted by molar-refractivity contribution is 0.0535. The summed E-state index contributed by atoms with van der Waals surface area (Å²) in [6.45, 7) is 5.40. The number of ether oxygens (including phenoxy) is 1. The maximum Gasteiger partial charge on any atom is 0.420 e. The number of H-pyrrole nitrogens is 1. The summed E-state index contributed by atoms with van der Waals surface area (Å²) in [5, 5.41) is 0. The fraction of sp³-hybridized carbons (Fsp3) is 0.308.